The Morgan fingerprint density at radius 1 is 1.00 bits per heavy atom. The number of hydrogen-bond donors (Lipinski definition) is 4. The van der Waals surface area contributed by atoms with Gasteiger partial charge in [-0.25, -0.2) is 4.98 Å². The zero-order chi connectivity index (χ0) is 26.2. The summed E-state index contributed by atoms with van der Waals surface area (Å²) in [5.41, 5.74) is 8.48. The van der Waals surface area contributed by atoms with E-state index in [9.17, 15) is 4.79 Å². The SMILES string of the molecule is O=C(CC1CCNCC1)Nc1cncc(-c2ccc3[nH]nc(-c4cc5c(-c6ccsc6)ccnc5[nH]4)c3c2)c1. The van der Waals surface area contributed by atoms with Gasteiger partial charge in [-0.1, -0.05) is 6.07 Å². The minimum Gasteiger partial charge on any atom is -0.338 e. The number of nitrogens with zero attached hydrogens (tertiary/aromatic N) is 3. The maximum absolute atomic E-state index is 12.7. The van der Waals surface area contributed by atoms with Crippen LogP contribution in [0.1, 0.15) is 19.3 Å². The molecule has 1 amide bonds. The van der Waals surface area contributed by atoms with E-state index in [0.29, 0.717) is 18.0 Å². The Kier molecular flexibility index (Phi) is 6.14. The fourth-order valence-corrected chi connectivity index (χ4v) is 6.10. The fourth-order valence-electron chi connectivity index (χ4n) is 5.45. The number of aromatic amines is 2. The second kappa shape index (κ2) is 10.1. The van der Waals surface area contributed by atoms with Gasteiger partial charge in [-0.3, -0.25) is 14.9 Å². The van der Waals surface area contributed by atoms with Crippen molar-refractivity contribution in [3.63, 3.8) is 0 Å². The van der Waals surface area contributed by atoms with Crippen LogP contribution in [0.15, 0.2) is 71.8 Å². The molecular weight excluding hydrogens is 506 g/mol. The Morgan fingerprint density at radius 2 is 1.92 bits per heavy atom. The predicted molar refractivity (Wildman–Crippen MR) is 157 cm³/mol. The number of amides is 1. The highest BCUT2D eigenvalue weighted by atomic mass is 32.1. The summed E-state index contributed by atoms with van der Waals surface area (Å²) in [5, 5.41) is 20.5. The van der Waals surface area contributed by atoms with E-state index in [1.165, 1.54) is 5.56 Å². The summed E-state index contributed by atoms with van der Waals surface area (Å²) in [4.78, 5) is 25.1. The van der Waals surface area contributed by atoms with Gasteiger partial charge < -0.3 is 15.6 Å². The maximum atomic E-state index is 12.7. The average Bonchev–Trinajstić information content (AvgIpc) is 3.73. The molecule has 1 fully saturated rings. The van der Waals surface area contributed by atoms with E-state index in [-0.39, 0.29) is 5.91 Å². The van der Waals surface area contributed by atoms with E-state index < -0.39 is 0 Å². The first-order chi connectivity index (χ1) is 19.2. The Bertz CT molecular complexity index is 1780. The second-order valence-corrected chi connectivity index (χ2v) is 10.8. The molecule has 8 nitrogen and oxygen atoms in total. The largest absolute Gasteiger partial charge is 0.338 e. The van der Waals surface area contributed by atoms with Gasteiger partial charge in [0.1, 0.15) is 11.3 Å². The molecule has 1 aliphatic rings. The van der Waals surface area contributed by atoms with Gasteiger partial charge in [-0.2, -0.15) is 16.4 Å². The van der Waals surface area contributed by atoms with Gasteiger partial charge in [0, 0.05) is 35.2 Å². The number of nitrogens with one attached hydrogen (secondary N) is 4. The van der Waals surface area contributed by atoms with Crippen molar-refractivity contribution in [1.82, 2.24) is 30.5 Å². The van der Waals surface area contributed by atoms with Crippen LogP contribution in [-0.2, 0) is 4.79 Å². The number of carbonyl (C=O) groups is 1. The van der Waals surface area contributed by atoms with E-state index in [1.54, 1.807) is 17.5 Å². The average molecular weight is 534 g/mol. The van der Waals surface area contributed by atoms with Gasteiger partial charge in [-0.05, 0) is 95.7 Å². The standard InChI is InChI=1S/C30H27N7OS/c38-28(11-18-3-7-31-8-4-18)34-22-12-21(15-32-16-22)19-1-2-26-25(13-19)29(37-36-26)27-14-24-23(20-6-10-39-17-20)5-9-33-30(24)35-27/h1-2,5-6,9-10,12-18,31H,3-4,7-8,11H2,(H,33,35)(H,34,38)(H,36,37). The molecule has 4 N–H and O–H groups in total. The molecule has 6 aromatic rings. The molecule has 1 aromatic carbocycles. The fraction of sp³-hybridized carbons (Fsp3) is 0.200. The van der Waals surface area contributed by atoms with Crippen molar-refractivity contribution in [1.29, 1.82) is 0 Å². The monoisotopic (exact) mass is 533 g/mol. The third-order valence-corrected chi connectivity index (χ3v) is 8.15. The quantitative estimate of drug-likeness (QED) is 0.203. The highest BCUT2D eigenvalue weighted by molar-refractivity contribution is 7.08. The summed E-state index contributed by atoms with van der Waals surface area (Å²) in [7, 11) is 0. The topological polar surface area (TPSA) is 111 Å². The number of rotatable bonds is 6. The molecule has 0 radical (unpaired) electrons. The molecule has 0 atom stereocenters. The Hall–Kier alpha value is -4.34. The van der Waals surface area contributed by atoms with Crippen LogP contribution < -0.4 is 10.6 Å². The summed E-state index contributed by atoms with van der Waals surface area (Å²) in [6, 6.07) is 14.5. The summed E-state index contributed by atoms with van der Waals surface area (Å²) >= 11 is 1.68. The molecule has 0 unspecified atom stereocenters. The van der Waals surface area contributed by atoms with Gasteiger partial charge >= 0.3 is 0 Å². The number of aromatic nitrogens is 5. The maximum Gasteiger partial charge on any atom is 0.224 e. The molecule has 5 aromatic heterocycles. The van der Waals surface area contributed by atoms with Crippen LogP contribution in [0, 0.1) is 5.92 Å². The van der Waals surface area contributed by atoms with E-state index in [2.05, 4.69) is 64.7 Å². The van der Waals surface area contributed by atoms with Crippen molar-refractivity contribution in [2.75, 3.05) is 18.4 Å². The molecule has 0 aliphatic carbocycles. The Labute approximate surface area is 228 Å². The van der Waals surface area contributed by atoms with Crippen LogP contribution in [0.3, 0.4) is 0 Å². The molecule has 39 heavy (non-hydrogen) atoms. The van der Waals surface area contributed by atoms with Crippen molar-refractivity contribution < 1.29 is 4.79 Å². The van der Waals surface area contributed by atoms with Crippen molar-refractivity contribution in [3.8, 4) is 33.6 Å². The lowest BCUT2D eigenvalue weighted by Crippen LogP contribution is -2.30. The number of carbonyl (C=O) groups excluding carboxylic acids is 1. The molecule has 1 saturated heterocycles. The van der Waals surface area contributed by atoms with E-state index in [0.717, 1.165) is 75.9 Å². The van der Waals surface area contributed by atoms with Crippen LogP contribution in [0.25, 0.3) is 55.6 Å². The van der Waals surface area contributed by atoms with Gasteiger partial charge in [0.2, 0.25) is 5.91 Å². The molecule has 194 valence electrons. The Balaban J connectivity index is 1.19. The molecule has 1 aliphatic heterocycles. The number of anilines is 1. The molecule has 0 saturated carbocycles. The normalized spacial score (nSPS) is 14.3. The summed E-state index contributed by atoms with van der Waals surface area (Å²) in [6.07, 6.45) is 7.99. The number of thiophene rings is 1. The number of H-pyrrole nitrogens is 2. The first-order valence-corrected chi connectivity index (χ1v) is 14.1. The molecule has 9 heteroatoms. The van der Waals surface area contributed by atoms with Crippen LogP contribution >= 0.6 is 11.3 Å². The molecular formula is C30H27N7OS. The number of hydrogen-bond acceptors (Lipinski definition) is 6. The Morgan fingerprint density at radius 3 is 2.79 bits per heavy atom. The molecule has 6 heterocycles. The summed E-state index contributed by atoms with van der Waals surface area (Å²) in [5.74, 6) is 0.480. The smallest absolute Gasteiger partial charge is 0.224 e. The number of piperidine rings is 1. The van der Waals surface area contributed by atoms with Crippen LogP contribution in [0.2, 0.25) is 0 Å². The number of fused-ring (bicyclic) bond motifs is 2. The summed E-state index contributed by atoms with van der Waals surface area (Å²) < 4.78 is 0. The minimum absolute atomic E-state index is 0.0441. The van der Waals surface area contributed by atoms with Gasteiger partial charge in [0.15, 0.2) is 0 Å². The van der Waals surface area contributed by atoms with Crippen molar-refractivity contribution in [2.45, 2.75) is 19.3 Å². The molecule has 7 rings (SSSR count). The zero-order valence-corrected chi connectivity index (χ0v) is 22.0. The van der Waals surface area contributed by atoms with Crippen molar-refractivity contribution in [2.24, 2.45) is 5.92 Å². The lowest BCUT2D eigenvalue weighted by Gasteiger charge is -2.21. The van der Waals surface area contributed by atoms with Crippen LogP contribution in [0.4, 0.5) is 5.69 Å². The van der Waals surface area contributed by atoms with Gasteiger partial charge in [0.25, 0.3) is 0 Å². The highest BCUT2D eigenvalue weighted by Gasteiger charge is 2.18. The van der Waals surface area contributed by atoms with Crippen LogP contribution in [-0.4, -0.2) is 44.1 Å². The third-order valence-electron chi connectivity index (χ3n) is 7.47. The highest BCUT2D eigenvalue weighted by Crippen LogP contribution is 2.35. The lowest BCUT2D eigenvalue weighted by atomic mass is 9.94. The van der Waals surface area contributed by atoms with Gasteiger partial charge in [0.05, 0.1) is 23.1 Å². The first-order valence-electron chi connectivity index (χ1n) is 13.2. The predicted octanol–water partition coefficient (Wildman–Crippen LogP) is 6.22. The second-order valence-electron chi connectivity index (χ2n) is 10.1. The third kappa shape index (κ3) is 4.71. The van der Waals surface area contributed by atoms with E-state index >= 15 is 0 Å². The van der Waals surface area contributed by atoms with E-state index in [4.69, 9.17) is 0 Å². The van der Waals surface area contributed by atoms with E-state index in [1.807, 2.05) is 36.7 Å². The molecule has 0 bridgehead atoms. The lowest BCUT2D eigenvalue weighted by molar-refractivity contribution is -0.117. The van der Waals surface area contributed by atoms with Crippen LogP contribution in [0.5, 0.6) is 0 Å². The van der Waals surface area contributed by atoms with Gasteiger partial charge in [-0.15, -0.1) is 0 Å². The summed E-state index contributed by atoms with van der Waals surface area (Å²) in [6.45, 7) is 1.97. The first kappa shape index (κ1) is 23.8. The number of pyridine rings is 2. The minimum atomic E-state index is 0.0441. The zero-order valence-electron chi connectivity index (χ0n) is 21.2. The van der Waals surface area contributed by atoms with Crippen molar-refractivity contribution in [3.05, 3.63) is 71.8 Å². The molecule has 0 spiro atoms. The number of benzene rings is 1. The van der Waals surface area contributed by atoms with Crippen molar-refractivity contribution >= 4 is 44.9 Å².